The lowest BCUT2D eigenvalue weighted by Gasteiger charge is -2.29. The molecular weight excluding hydrogens is 486 g/mol. The molecule has 1 saturated heterocycles. The summed E-state index contributed by atoms with van der Waals surface area (Å²) in [4.78, 5) is 15.0. The van der Waals surface area contributed by atoms with E-state index in [-0.39, 0.29) is 11.4 Å². The molecule has 0 saturated carbocycles. The predicted molar refractivity (Wildman–Crippen MR) is 135 cm³/mol. The second-order valence-electron chi connectivity index (χ2n) is 8.42. The minimum absolute atomic E-state index is 0.0225. The van der Waals surface area contributed by atoms with Crippen LogP contribution < -0.4 is 5.73 Å². The summed E-state index contributed by atoms with van der Waals surface area (Å²) in [6.07, 6.45) is 0. The number of morpholine rings is 1. The van der Waals surface area contributed by atoms with Crippen LogP contribution in [0.5, 0.6) is 0 Å². The highest BCUT2D eigenvalue weighted by molar-refractivity contribution is 7.89. The zero-order valence-corrected chi connectivity index (χ0v) is 20.8. The molecule has 184 valence electrons. The number of carbonyl (C=O) groups excluding carboxylic acids is 1. The van der Waals surface area contributed by atoms with Gasteiger partial charge in [-0.15, -0.1) is 0 Å². The summed E-state index contributed by atoms with van der Waals surface area (Å²) in [5, 5.41) is 0.417. The zero-order chi connectivity index (χ0) is 24.8. The smallest absolute Gasteiger partial charge is 0.244 e. The van der Waals surface area contributed by atoms with Crippen LogP contribution in [0.25, 0.3) is 0 Å². The van der Waals surface area contributed by atoms with Crippen molar-refractivity contribution >= 4 is 27.5 Å². The van der Waals surface area contributed by atoms with Gasteiger partial charge in [0.05, 0.1) is 18.1 Å². The molecule has 0 spiro atoms. The fraction of sp³-hybridized carbons (Fsp3) is 0.269. The average molecular weight is 514 g/mol. The van der Waals surface area contributed by atoms with Crippen LogP contribution in [0.15, 0.2) is 83.8 Å². The number of rotatable bonds is 9. The van der Waals surface area contributed by atoms with Gasteiger partial charge in [-0.25, -0.2) is 8.42 Å². The number of sulfonamides is 1. The van der Waals surface area contributed by atoms with Gasteiger partial charge in [0.1, 0.15) is 6.04 Å². The van der Waals surface area contributed by atoms with E-state index in [0.29, 0.717) is 10.6 Å². The van der Waals surface area contributed by atoms with Crippen molar-refractivity contribution < 1.29 is 17.9 Å². The molecule has 2 N–H and O–H groups in total. The topological polar surface area (TPSA) is 92.9 Å². The molecule has 0 aliphatic carbocycles. The van der Waals surface area contributed by atoms with Crippen molar-refractivity contribution in [1.29, 1.82) is 0 Å². The quantitative estimate of drug-likeness (QED) is 0.472. The van der Waals surface area contributed by atoms with E-state index in [1.807, 2.05) is 24.3 Å². The van der Waals surface area contributed by atoms with Gasteiger partial charge >= 0.3 is 0 Å². The van der Waals surface area contributed by atoms with Gasteiger partial charge in [-0.2, -0.15) is 4.31 Å². The number of nitrogens with zero attached hydrogens (tertiary/aromatic N) is 2. The Bertz CT molecular complexity index is 1230. The Labute approximate surface area is 211 Å². The first-order valence-electron chi connectivity index (χ1n) is 11.3. The molecule has 1 unspecified atom stereocenters. The van der Waals surface area contributed by atoms with Crippen LogP contribution in [0, 0.1) is 0 Å². The van der Waals surface area contributed by atoms with E-state index in [2.05, 4.69) is 4.90 Å². The van der Waals surface area contributed by atoms with Crippen molar-refractivity contribution in [1.82, 2.24) is 9.21 Å². The fourth-order valence-electron chi connectivity index (χ4n) is 4.11. The van der Waals surface area contributed by atoms with Crippen molar-refractivity contribution in [3.63, 3.8) is 0 Å². The number of benzene rings is 3. The Kier molecular flexibility index (Phi) is 8.20. The highest BCUT2D eigenvalue weighted by atomic mass is 35.5. The molecule has 0 bridgehead atoms. The third-order valence-corrected chi connectivity index (χ3v) is 8.04. The normalized spacial score (nSPS) is 15.7. The van der Waals surface area contributed by atoms with Gasteiger partial charge in [-0.3, -0.25) is 9.69 Å². The lowest BCUT2D eigenvalue weighted by Crippen LogP contribution is -2.41. The van der Waals surface area contributed by atoms with Gasteiger partial charge in [0, 0.05) is 31.2 Å². The second-order valence-corrected chi connectivity index (χ2v) is 10.8. The molecule has 0 radical (unpaired) electrons. The van der Waals surface area contributed by atoms with Crippen molar-refractivity contribution in [3.05, 3.63) is 101 Å². The van der Waals surface area contributed by atoms with Crippen LogP contribution in [-0.4, -0.2) is 49.8 Å². The second kappa shape index (κ2) is 11.3. The van der Waals surface area contributed by atoms with Gasteiger partial charge in [0.25, 0.3) is 0 Å². The largest absolute Gasteiger partial charge is 0.379 e. The lowest BCUT2D eigenvalue weighted by atomic mass is 10.1. The molecule has 9 heteroatoms. The SMILES string of the molecule is NC(=O)C(c1ccccc1)N(Cc1ccc(CN2CCOCC2)cc1)S(=O)(=O)c1ccc(Cl)cc1. The van der Waals surface area contributed by atoms with E-state index in [4.69, 9.17) is 22.1 Å². The summed E-state index contributed by atoms with van der Waals surface area (Å²) >= 11 is 5.97. The maximum Gasteiger partial charge on any atom is 0.244 e. The van der Waals surface area contributed by atoms with Crippen molar-refractivity contribution in [2.45, 2.75) is 24.0 Å². The molecule has 1 heterocycles. The zero-order valence-electron chi connectivity index (χ0n) is 19.2. The molecule has 35 heavy (non-hydrogen) atoms. The van der Waals surface area contributed by atoms with Crippen molar-refractivity contribution in [2.24, 2.45) is 5.73 Å². The Morgan fingerprint density at radius 2 is 1.54 bits per heavy atom. The molecule has 0 aromatic heterocycles. The number of hydrogen-bond acceptors (Lipinski definition) is 5. The highest BCUT2D eigenvalue weighted by Crippen LogP contribution is 2.30. The molecule has 1 aliphatic heterocycles. The van der Waals surface area contributed by atoms with E-state index < -0.39 is 22.0 Å². The van der Waals surface area contributed by atoms with E-state index >= 15 is 0 Å². The van der Waals surface area contributed by atoms with Gasteiger partial charge in [-0.1, -0.05) is 66.2 Å². The highest BCUT2D eigenvalue weighted by Gasteiger charge is 2.36. The first kappa shape index (κ1) is 25.3. The van der Waals surface area contributed by atoms with E-state index in [1.54, 1.807) is 30.3 Å². The standard InChI is InChI=1S/C26H28ClN3O4S/c27-23-10-12-24(13-11-23)35(32,33)30(25(26(28)31)22-4-2-1-3-5-22)19-21-8-6-20(7-9-21)18-29-14-16-34-17-15-29/h1-13,25H,14-19H2,(H2,28,31). The summed E-state index contributed by atoms with van der Waals surface area (Å²) < 4.78 is 34.1. The van der Waals surface area contributed by atoms with Crippen molar-refractivity contribution in [2.75, 3.05) is 26.3 Å². The summed E-state index contributed by atoms with van der Waals surface area (Å²) in [6, 6.07) is 21.2. The number of hydrogen-bond donors (Lipinski definition) is 1. The summed E-state index contributed by atoms with van der Waals surface area (Å²) in [6.45, 7) is 3.99. The molecular formula is C26H28ClN3O4S. The number of halogens is 1. The number of primary amides is 1. The number of ether oxygens (including phenoxy) is 1. The van der Waals surface area contributed by atoms with Crippen LogP contribution in [0.3, 0.4) is 0 Å². The van der Waals surface area contributed by atoms with E-state index in [9.17, 15) is 13.2 Å². The number of nitrogens with two attached hydrogens (primary N) is 1. The summed E-state index contributed by atoms with van der Waals surface area (Å²) in [7, 11) is -4.09. The van der Waals surface area contributed by atoms with Crippen molar-refractivity contribution in [3.8, 4) is 0 Å². The van der Waals surface area contributed by atoms with Crippen LogP contribution >= 0.6 is 11.6 Å². The third-order valence-electron chi connectivity index (χ3n) is 5.96. The Morgan fingerprint density at radius 1 is 0.943 bits per heavy atom. The van der Waals surface area contributed by atoms with Crippen LogP contribution in [0.1, 0.15) is 22.7 Å². The van der Waals surface area contributed by atoms with Gasteiger partial charge in [-0.05, 0) is 41.0 Å². The molecule has 1 fully saturated rings. The number of carbonyl (C=O) groups is 1. The summed E-state index contributed by atoms with van der Waals surface area (Å²) in [5.41, 5.74) is 8.14. The molecule has 1 atom stereocenters. The van der Waals surface area contributed by atoms with Gasteiger partial charge in [0.2, 0.25) is 15.9 Å². The first-order valence-corrected chi connectivity index (χ1v) is 13.2. The fourth-order valence-corrected chi connectivity index (χ4v) is 5.81. The molecule has 7 nitrogen and oxygen atoms in total. The average Bonchev–Trinajstić information content (AvgIpc) is 2.86. The van der Waals surface area contributed by atoms with Crippen LogP contribution in [0.2, 0.25) is 5.02 Å². The van der Waals surface area contributed by atoms with Gasteiger partial charge in [0.15, 0.2) is 0 Å². The predicted octanol–water partition coefficient (Wildman–Crippen LogP) is 3.59. The van der Waals surface area contributed by atoms with E-state index in [0.717, 1.165) is 48.3 Å². The maximum atomic E-state index is 13.8. The minimum atomic E-state index is -4.09. The maximum absolute atomic E-state index is 13.8. The van der Waals surface area contributed by atoms with Gasteiger partial charge < -0.3 is 10.5 Å². The van der Waals surface area contributed by atoms with E-state index in [1.165, 1.54) is 24.3 Å². The Morgan fingerprint density at radius 3 is 2.14 bits per heavy atom. The third kappa shape index (κ3) is 6.28. The molecule has 3 aromatic rings. The molecule has 1 amide bonds. The minimum Gasteiger partial charge on any atom is -0.379 e. The first-order chi connectivity index (χ1) is 16.8. The Hall–Kier alpha value is -2.75. The summed E-state index contributed by atoms with van der Waals surface area (Å²) in [5.74, 6) is -0.752. The Balaban J connectivity index is 1.66. The van der Waals surface area contributed by atoms with Crippen LogP contribution in [-0.2, 0) is 32.6 Å². The molecule has 1 aliphatic rings. The lowest BCUT2D eigenvalue weighted by molar-refractivity contribution is -0.122. The molecule has 4 rings (SSSR count). The number of amides is 1. The molecule has 3 aromatic carbocycles. The monoisotopic (exact) mass is 513 g/mol. The van der Waals surface area contributed by atoms with Crippen LogP contribution in [0.4, 0.5) is 0 Å².